The first-order valence-corrected chi connectivity index (χ1v) is 4.97. The molecule has 0 N–H and O–H groups in total. The molecule has 0 unspecified atom stereocenters. The fourth-order valence-corrected chi connectivity index (χ4v) is 2.05. The lowest BCUT2D eigenvalue weighted by molar-refractivity contribution is 0.351. The van der Waals surface area contributed by atoms with Crippen LogP contribution < -0.4 is 0 Å². The number of rotatable bonds is 0. The number of nitriles is 2. The summed E-state index contributed by atoms with van der Waals surface area (Å²) in [7, 11) is 0. The quantitative estimate of drug-likeness (QED) is 0.562. The monoisotopic (exact) mass is 202 g/mol. The van der Waals surface area contributed by atoms with Crippen molar-refractivity contribution in [1.29, 1.82) is 10.5 Å². The van der Waals surface area contributed by atoms with E-state index >= 15 is 0 Å². The zero-order valence-corrected chi connectivity index (χ0v) is 9.96. The van der Waals surface area contributed by atoms with Gasteiger partial charge in [0.2, 0.25) is 0 Å². The van der Waals surface area contributed by atoms with Gasteiger partial charge in [0.25, 0.3) is 0 Å². The summed E-state index contributed by atoms with van der Waals surface area (Å²) in [5, 5.41) is 15.3. The van der Waals surface area contributed by atoms with Crippen LogP contribution in [0.25, 0.3) is 0 Å². The molecule has 0 aromatic rings. The molecular formula is C13H18N2. The van der Waals surface area contributed by atoms with Gasteiger partial charge in [0.15, 0.2) is 0 Å². The third kappa shape index (κ3) is 4.00. The normalized spacial score (nSPS) is 21.5. The smallest absolute Gasteiger partial charge is 0.0946 e. The van der Waals surface area contributed by atoms with Crippen LogP contribution in [0.15, 0.2) is 22.8 Å². The molecule has 0 aromatic carbocycles. The lowest BCUT2D eigenvalue weighted by Gasteiger charge is -2.30. The van der Waals surface area contributed by atoms with Gasteiger partial charge in [-0.05, 0) is 37.7 Å². The first-order chi connectivity index (χ1) is 6.94. The van der Waals surface area contributed by atoms with Crippen molar-refractivity contribution in [3.63, 3.8) is 0 Å². The Balaban J connectivity index is 0.000000921. The van der Waals surface area contributed by atoms with Gasteiger partial charge in [-0.25, -0.2) is 5.26 Å². The van der Waals surface area contributed by atoms with Crippen molar-refractivity contribution in [3.8, 4) is 12.6 Å². The molecule has 0 spiro atoms. The first kappa shape index (κ1) is 13.5. The molecule has 1 aliphatic rings. The van der Waals surface area contributed by atoms with Crippen LogP contribution >= 0.6 is 0 Å². The summed E-state index contributed by atoms with van der Waals surface area (Å²) < 4.78 is 0. The summed E-state index contributed by atoms with van der Waals surface area (Å²) in [5.41, 5.74) is 3.80. The highest BCUT2D eigenvalue weighted by atomic mass is 14.3. The van der Waals surface area contributed by atoms with Crippen LogP contribution in [-0.2, 0) is 0 Å². The third-order valence-electron chi connectivity index (χ3n) is 2.50. The molecule has 0 aliphatic heterocycles. The van der Waals surface area contributed by atoms with E-state index in [0.717, 1.165) is 18.4 Å². The molecule has 80 valence electrons. The maximum absolute atomic E-state index is 8.81. The highest BCUT2D eigenvalue weighted by Gasteiger charge is 2.24. The number of allylic oxidation sites excluding steroid dienone is 4. The van der Waals surface area contributed by atoms with E-state index < -0.39 is 0 Å². The van der Waals surface area contributed by atoms with E-state index in [1.54, 1.807) is 0 Å². The van der Waals surface area contributed by atoms with Gasteiger partial charge in [-0.2, -0.15) is 5.26 Å². The molecule has 0 aromatic heterocycles. The highest BCUT2D eigenvalue weighted by Crippen LogP contribution is 2.38. The SMILES string of the molecule is C#N.CC1=C/C(=C(\C)C#N)CC(C)(C)C1. The molecule has 0 heterocycles. The number of nitrogens with zero attached hydrogens (tertiary/aromatic N) is 2. The molecule has 0 bridgehead atoms. The Bertz CT molecular complexity index is 348. The van der Waals surface area contributed by atoms with E-state index in [-0.39, 0.29) is 0 Å². The van der Waals surface area contributed by atoms with Crippen molar-refractivity contribution >= 4 is 0 Å². The van der Waals surface area contributed by atoms with E-state index in [4.69, 9.17) is 10.5 Å². The minimum atomic E-state index is 0.326. The maximum atomic E-state index is 8.81. The second-order valence-corrected chi connectivity index (χ2v) is 4.77. The van der Waals surface area contributed by atoms with E-state index in [0.29, 0.717) is 5.41 Å². The zero-order chi connectivity index (χ0) is 12.1. The largest absolute Gasteiger partial charge is 0.202 e. The van der Waals surface area contributed by atoms with E-state index in [1.807, 2.05) is 6.92 Å². The standard InChI is InChI=1S/C12H17N.CHN/c1-9-5-11(10(2)8-13)7-12(3,4)6-9;1-2/h5H,6-7H2,1-4H3;1H/b11-10-;. The summed E-state index contributed by atoms with van der Waals surface area (Å²) in [6.45, 7) is 12.1. The van der Waals surface area contributed by atoms with E-state index in [9.17, 15) is 0 Å². The minimum absolute atomic E-state index is 0.326. The molecule has 2 nitrogen and oxygen atoms in total. The van der Waals surface area contributed by atoms with Gasteiger partial charge < -0.3 is 0 Å². The second-order valence-electron chi connectivity index (χ2n) is 4.77. The molecule has 0 saturated heterocycles. The van der Waals surface area contributed by atoms with Gasteiger partial charge in [-0.3, -0.25) is 0 Å². The highest BCUT2D eigenvalue weighted by molar-refractivity contribution is 5.38. The molecule has 0 fully saturated rings. The van der Waals surface area contributed by atoms with E-state index in [2.05, 4.69) is 39.5 Å². The maximum Gasteiger partial charge on any atom is 0.0946 e. The zero-order valence-electron chi connectivity index (χ0n) is 9.96. The van der Waals surface area contributed by atoms with Gasteiger partial charge >= 0.3 is 0 Å². The summed E-state index contributed by atoms with van der Waals surface area (Å²) in [6.07, 6.45) is 4.35. The van der Waals surface area contributed by atoms with Gasteiger partial charge in [-0.1, -0.05) is 25.5 Å². The van der Waals surface area contributed by atoms with Gasteiger partial charge in [-0.15, -0.1) is 0 Å². The lowest BCUT2D eigenvalue weighted by atomic mass is 9.75. The molecule has 15 heavy (non-hydrogen) atoms. The summed E-state index contributed by atoms with van der Waals surface area (Å²) in [4.78, 5) is 0. The summed E-state index contributed by atoms with van der Waals surface area (Å²) >= 11 is 0. The Morgan fingerprint density at radius 2 is 1.93 bits per heavy atom. The molecular weight excluding hydrogens is 184 g/mol. The minimum Gasteiger partial charge on any atom is -0.202 e. The second kappa shape index (κ2) is 5.37. The van der Waals surface area contributed by atoms with Crippen LogP contribution in [0.1, 0.15) is 40.5 Å². The van der Waals surface area contributed by atoms with Gasteiger partial charge in [0, 0.05) is 12.1 Å². The van der Waals surface area contributed by atoms with Crippen LogP contribution in [0.5, 0.6) is 0 Å². The van der Waals surface area contributed by atoms with Crippen molar-refractivity contribution in [2.24, 2.45) is 5.41 Å². The number of hydrogen-bond donors (Lipinski definition) is 0. The topological polar surface area (TPSA) is 47.6 Å². The van der Waals surface area contributed by atoms with Crippen LogP contribution in [0.3, 0.4) is 0 Å². The van der Waals surface area contributed by atoms with Crippen LogP contribution in [-0.4, -0.2) is 0 Å². The van der Waals surface area contributed by atoms with Crippen molar-refractivity contribution in [3.05, 3.63) is 22.8 Å². The van der Waals surface area contributed by atoms with Crippen LogP contribution in [0, 0.1) is 28.6 Å². The third-order valence-corrected chi connectivity index (χ3v) is 2.50. The lowest BCUT2D eigenvalue weighted by Crippen LogP contribution is -2.16. The average Bonchev–Trinajstić information content (AvgIpc) is 2.16. The fraction of sp³-hybridized carbons (Fsp3) is 0.538. The fourth-order valence-electron chi connectivity index (χ4n) is 2.05. The molecule has 0 saturated carbocycles. The van der Waals surface area contributed by atoms with Crippen molar-refractivity contribution in [1.82, 2.24) is 0 Å². The molecule has 1 rings (SSSR count). The van der Waals surface area contributed by atoms with E-state index in [1.165, 1.54) is 11.1 Å². The molecule has 0 radical (unpaired) electrons. The Morgan fingerprint density at radius 3 is 2.33 bits per heavy atom. The Morgan fingerprint density at radius 1 is 1.40 bits per heavy atom. The predicted molar refractivity (Wildman–Crippen MR) is 61.8 cm³/mol. The summed E-state index contributed by atoms with van der Waals surface area (Å²) in [5.74, 6) is 0. The molecule has 1 aliphatic carbocycles. The Labute approximate surface area is 92.5 Å². The molecule has 0 atom stereocenters. The predicted octanol–water partition coefficient (Wildman–Crippen LogP) is 3.73. The number of hydrogen-bond acceptors (Lipinski definition) is 2. The Hall–Kier alpha value is -1.54. The average molecular weight is 202 g/mol. The van der Waals surface area contributed by atoms with Crippen molar-refractivity contribution in [2.75, 3.05) is 0 Å². The van der Waals surface area contributed by atoms with Gasteiger partial charge in [0.05, 0.1) is 6.07 Å². The van der Waals surface area contributed by atoms with Crippen LogP contribution in [0.2, 0.25) is 0 Å². The summed E-state index contributed by atoms with van der Waals surface area (Å²) in [6, 6.07) is 2.23. The van der Waals surface area contributed by atoms with Crippen molar-refractivity contribution in [2.45, 2.75) is 40.5 Å². The molecule has 0 amide bonds. The Kier molecular flexibility index (Phi) is 4.82. The van der Waals surface area contributed by atoms with Gasteiger partial charge in [0.1, 0.15) is 0 Å². The molecule has 2 heteroatoms. The first-order valence-electron chi connectivity index (χ1n) is 4.97. The van der Waals surface area contributed by atoms with Crippen LogP contribution in [0.4, 0.5) is 0 Å². The van der Waals surface area contributed by atoms with Crippen molar-refractivity contribution < 1.29 is 0 Å².